The molecular formula is C11H18N4O4S2. The maximum atomic E-state index is 12.2. The fourth-order valence-electron chi connectivity index (χ4n) is 1.56. The first-order valence-corrected chi connectivity index (χ1v) is 8.86. The molecule has 0 spiro atoms. The van der Waals surface area contributed by atoms with Gasteiger partial charge in [-0.1, -0.05) is 6.92 Å². The summed E-state index contributed by atoms with van der Waals surface area (Å²) in [7, 11) is -3.87. The average Bonchev–Trinajstić information content (AvgIpc) is 2.45. The topological polar surface area (TPSA) is 127 Å². The molecule has 0 aliphatic heterocycles. The second kappa shape index (κ2) is 7.59. The van der Waals surface area contributed by atoms with E-state index >= 15 is 0 Å². The van der Waals surface area contributed by atoms with Crippen LogP contribution in [0.1, 0.15) is 13.3 Å². The highest BCUT2D eigenvalue weighted by Crippen LogP contribution is 2.25. The van der Waals surface area contributed by atoms with Crippen LogP contribution in [-0.2, 0) is 10.0 Å². The first kappa shape index (κ1) is 17.7. The molecule has 0 radical (unpaired) electrons. The van der Waals surface area contributed by atoms with Crippen molar-refractivity contribution in [1.82, 2.24) is 4.72 Å². The molecule has 1 rings (SSSR count). The number of non-ortho nitro benzene ring substituents is 1. The van der Waals surface area contributed by atoms with Gasteiger partial charge in [-0.25, -0.2) is 13.1 Å². The molecule has 0 saturated heterocycles. The molecule has 0 fully saturated rings. The Kier molecular flexibility index (Phi) is 6.40. The predicted octanol–water partition coefficient (Wildman–Crippen LogP) is 1.30. The number of nitro groups is 1. The van der Waals surface area contributed by atoms with Crippen LogP contribution >= 0.6 is 11.8 Å². The number of nitrogen functional groups attached to an aromatic ring is 1. The molecule has 0 heterocycles. The van der Waals surface area contributed by atoms with E-state index in [4.69, 9.17) is 5.84 Å². The van der Waals surface area contributed by atoms with Gasteiger partial charge in [0.15, 0.2) is 0 Å². The van der Waals surface area contributed by atoms with Crippen molar-refractivity contribution in [3.8, 4) is 0 Å². The summed E-state index contributed by atoms with van der Waals surface area (Å²) in [5.41, 5.74) is 2.02. The van der Waals surface area contributed by atoms with Crippen LogP contribution in [0.4, 0.5) is 11.4 Å². The van der Waals surface area contributed by atoms with E-state index in [2.05, 4.69) is 10.1 Å². The maximum absolute atomic E-state index is 12.2. The van der Waals surface area contributed by atoms with Gasteiger partial charge in [0.2, 0.25) is 10.0 Å². The highest BCUT2D eigenvalue weighted by atomic mass is 32.2. The van der Waals surface area contributed by atoms with Crippen molar-refractivity contribution in [3.05, 3.63) is 28.3 Å². The van der Waals surface area contributed by atoms with Crippen LogP contribution in [-0.4, -0.2) is 31.4 Å². The van der Waals surface area contributed by atoms with Crippen molar-refractivity contribution in [3.63, 3.8) is 0 Å². The van der Waals surface area contributed by atoms with Gasteiger partial charge in [-0.3, -0.25) is 16.0 Å². The number of thioether (sulfide) groups is 1. The summed E-state index contributed by atoms with van der Waals surface area (Å²) in [4.78, 5) is 9.86. The van der Waals surface area contributed by atoms with E-state index in [9.17, 15) is 18.5 Å². The van der Waals surface area contributed by atoms with E-state index in [-0.39, 0.29) is 22.8 Å². The van der Waals surface area contributed by atoms with Crippen molar-refractivity contribution >= 4 is 33.2 Å². The Morgan fingerprint density at radius 3 is 2.67 bits per heavy atom. The standard InChI is InChI=1S/C11H18N4O4S2/c1-8(20-2)5-6-13-21(18,19)11-7-9(15(16)17)3-4-10(11)14-12/h3-4,7-8,13-14H,5-6,12H2,1-2H3. The lowest BCUT2D eigenvalue weighted by Gasteiger charge is -2.12. The number of nitrogens with two attached hydrogens (primary N) is 1. The maximum Gasteiger partial charge on any atom is 0.270 e. The van der Waals surface area contributed by atoms with Crippen molar-refractivity contribution in [1.29, 1.82) is 0 Å². The SMILES string of the molecule is CSC(C)CCNS(=O)(=O)c1cc([N+](=O)[O-])ccc1NN. The summed E-state index contributed by atoms with van der Waals surface area (Å²) >= 11 is 1.63. The van der Waals surface area contributed by atoms with Crippen LogP contribution in [0.2, 0.25) is 0 Å². The first-order valence-electron chi connectivity index (χ1n) is 6.09. The van der Waals surface area contributed by atoms with E-state index in [0.29, 0.717) is 11.7 Å². The number of nitrogens with zero attached hydrogens (tertiary/aromatic N) is 1. The second-order valence-corrected chi connectivity index (χ2v) is 7.33. The largest absolute Gasteiger partial charge is 0.323 e. The van der Waals surface area contributed by atoms with Gasteiger partial charge in [0.25, 0.3) is 5.69 Å². The molecule has 0 bridgehead atoms. The normalized spacial score (nSPS) is 12.9. The Morgan fingerprint density at radius 2 is 2.14 bits per heavy atom. The second-order valence-electron chi connectivity index (χ2n) is 4.31. The molecule has 1 atom stereocenters. The Balaban J connectivity index is 3.00. The van der Waals surface area contributed by atoms with E-state index in [0.717, 1.165) is 6.07 Å². The molecular weight excluding hydrogens is 316 g/mol. The monoisotopic (exact) mass is 334 g/mol. The zero-order valence-electron chi connectivity index (χ0n) is 11.7. The van der Waals surface area contributed by atoms with Crippen LogP contribution in [0.3, 0.4) is 0 Å². The fourth-order valence-corrected chi connectivity index (χ4v) is 3.15. The van der Waals surface area contributed by atoms with Crippen LogP contribution in [0, 0.1) is 10.1 Å². The third-order valence-corrected chi connectivity index (χ3v) is 5.41. The summed E-state index contributed by atoms with van der Waals surface area (Å²) in [6.45, 7) is 2.23. The third-order valence-electron chi connectivity index (χ3n) is 2.87. The third kappa shape index (κ3) is 4.84. The predicted molar refractivity (Wildman–Crippen MR) is 83.7 cm³/mol. The zero-order chi connectivity index (χ0) is 16.0. The van der Waals surface area contributed by atoms with Crippen LogP contribution in [0.5, 0.6) is 0 Å². The van der Waals surface area contributed by atoms with E-state index in [1.54, 1.807) is 11.8 Å². The fraction of sp³-hybridized carbons (Fsp3) is 0.455. The minimum Gasteiger partial charge on any atom is -0.323 e. The van der Waals surface area contributed by atoms with Gasteiger partial charge < -0.3 is 5.43 Å². The van der Waals surface area contributed by atoms with Gasteiger partial charge in [-0.15, -0.1) is 0 Å². The number of anilines is 1. The molecule has 21 heavy (non-hydrogen) atoms. The Hall–Kier alpha value is -1.36. The molecule has 118 valence electrons. The summed E-state index contributed by atoms with van der Waals surface area (Å²) in [6.07, 6.45) is 2.59. The van der Waals surface area contributed by atoms with Crippen LogP contribution < -0.4 is 16.0 Å². The van der Waals surface area contributed by atoms with Gasteiger partial charge >= 0.3 is 0 Å². The number of nitrogens with one attached hydrogen (secondary N) is 2. The van der Waals surface area contributed by atoms with E-state index in [1.165, 1.54) is 12.1 Å². The molecule has 8 nitrogen and oxygen atoms in total. The number of hydrogen-bond donors (Lipinski definition) is 3. The van der Waals surface area contributed by atoms with Crippen molar-refractivity contribution in [2.75, 3.05) is 18.2 Å². The molecule has 1 unspecified atom stereocenters. The number of hydrazine groups is 1. The summed E-state index contributed by atoms with van der Waals surface area (Å²) in [6, 6.07) is 3.43. The highest BCUT2D eigenvalue weighted by molar-refractivity contribution is 7.99. The van der Waals surface area contributed by atoms with Gasteiger partial charge in [-0.05, 0) is 18.7 Å². The summed E-state index contributed by atoms with van der Waals surface area (Å²) in [5.74, 6) is 5.26. The van der Waals surface area contributed by atoms with Gasteiger partial charge in [0.05, 0.1) is 10.6 Å². The number of rotatable bonds is 8. The molecule has 1 aromatic rings. The number of hydrogen-bond acceptors (Lipinski definition) is 7. The van der Waals surface area contributed by atoms with Crippen molar-refractivity contribution in [2.45, 2.75) is 23.5 Å². The van der Waals surface area contributed by atoms with E-state index in [1.807, 2.05) is 13.2 Å². The Labute approximate surface area is 127 Å². The van der Waals surface area contributed by atoms with Crippen molar-refractivity contribution < 1.29 is 13.3 Å². The number of benzene rings is 1. The lowest BCUT2D eigenvalue weighted by molar-refractivity contribution is -0.385. The summed E-state index contributed by atoms with van der Waals surface area (Å²) in [5, 5.41) is 11.1. The van der Waals surface area contributed by atoms with Crippen LogP contribution in [0.15, 0.2) is 23.1 Å². The zero-order valence-corrected chi connectivity index (χ0v) is 13.3. The molecule has 4 N–H and O–H groups in total. The minimum absolute atomic E-state index is 0.103. The van der Waals surface area contributed by atoms with Crippen molar-refractivity contribution in [2.24, 2.45) is 5.84 Å². The molecule has 0 saturated carbocycles. The quantitative estimate of drug-likeness (QED) is 0.371. The lowest BCUT2D eigenvalue weighted by atomic mass is 10.3. The Morgan fingerprint density at radius 1 is 1.48 bits per heavy atom. The highest BCUT2D eigenvalue weighted by Gasteiger charge is 2.21. The Bertz CT molecular complexity index is 606. The minimum atomic E-state index is -3.87. The first-order chi connectivity index (χ1) is 9.81. The molecule has 0 aromatic heterocycles. The molecule has 0 amide bonds. The van der Waals surface area contributed by atoms with Crippen LogP contribution in [0.25, 0.3) is 0 Å². The average molecular weight is 334 g/mol. The molecule has 1 aromatic carbocycles. The lowest BCUT2D eigenvalue weighted by Crippen LogP contribution is -2.27. The van der Waals surface area contributed by atoms with Gasteiger partial charge in [-0.2, -0.15) is 11.8 Å². The summed E-state index contributed by atoms with van der Waals surface area (Å²) < 4.78 is 26.9. The molecule has 0 aliphatic carbocycles. The number of sulfonamides is 1. The smallest absolute Gasteiger partial charge is 0.270 e. The van der Waals surface area contributed by atoms with Gasteiger partial charge in [0, 0.05) is 23.9 Å². The van der Waals surface area contributed by atoms with Gasteiger partial charge in [0.1, 0.15) is 4.90 Å². The molecule has 10 heteroatoms. The van der Waals surface area contributed by atoms with E-state index < -0.39 is 14.9 Å². The number of nitro benzene ring substituents is 1. The molecule has 0 aliphatic rings.